The molecule has 0 saturated heterocycles. The molecule has 6 N–H and O–H groups in total. The molecule has 0 amide bonds. The first-order valence-corrected chi connectivity index (χ1v) is 18.9. The summed E-state index contributed by atoms with van der Waals surface area (Å²) < 4.78 is 53.0. The lowest BCUT2D eigenvalue weighted by Crippen LogP contribution is -2.04. The minimum absolute atomic E-state index is 0.0209. The number of thiazole rings is 2. The zero-order valence-electron chi connectivity index (χ0n) is 26.0. The molecular formula is C32H28N6O8S4. The van der Waals surface area contributed by atoms with Crippen LogP contribution in [0.4, 0.5) is 0 Å². The van der Waals surface area contributed by atoms with Crippen LogP contribution in [-0.2, 0) is 39.8 Å². The first-order valence-electron chi connectivity index (χ1n) is 14.3. The summed E-state index contributed by atoms with van der Waals surface area (Å²) >= 11 is 1.95. The lowest BCUT2D eigenvalue weighted by atomic mass is 10.0. The number of nitrogens with zero attached hydrogens (tertiary/aromatic N) is 4. The van der Waals surface area contributed by atoms with E-state index in [0.717, 1.165) is 40.4 Å². The van der Waals surface area contributed by atoms with E-state index in [9.17, 15) is 36.6 Å². The molecule has 3 aromatic carbocycles. The maximum atomic E-state index is 12.9. The fraction of sp³-hybridized carbons (Fsp3) is 0.0938. The molecule has 0 saturated carbocycles. The second-order valence-electron chi connectivity index (χ2n) is 10.4. The molecule has 6 rings (SSSR count). The van der Waals surface area contributed by atoms with Crippen molar-refractivity contribution in [1.82, 2.24) is 19.7 Å². The Morgan fingerprint density at radius 1 is 0.680 bits per heavy atom. The van der Waals surface area contributed by atoms with Crippen molar-refractivity contribution in [3.8, 4) is 22.3 Å². The summed E-state index contributed by atoms with van der Waals surface area (Å²) in [7, 11) is -6.06. The lowest BCUT2D eigenvalue weighted by molar-refractivity contribution is 0.0686. The molecule has 3 aromatic heterocycles. The quantitative estimate of drug-likeness (QED) is 0.153. The summed E-state index contributed by atoms with van der Waals surface area (Å²) in [5, 5.41) is 23.7. The summed E-state index contributed by atoms with van der Waals surface area (Å²) in [6.45, 7) is 0.279. The smallest absolute Gasteiger partial charge is 0.335 e. The average molecular weight is 753 g/mol. The Labute approximate surface area is 294 Å². The second-order valence-corrected chi connectivity index (χ2v) is 17.0. The van der Waals surface area contributed by atoms with Crippen molar-refractivity contribution in [2.45, 2.75) is 31.3 Å². The predicted molar refractivity (Wildman–Crippen MR) is 185 cm³/mol. The number of aryl methyl sites for hydroxylation is 1. The Morgan fingerprint density at radius 2 is 1.14 bits per heavy atom. The van der Waals surface area contributed by atoms with Gasteiger partial charge in [-0.3, -0.25) is 4.68 Å². The third kappa shape index (κ3) is 7.85. The van der Waals surface area contributed by atoms with Crippen LogP contribution >= 0.6 is 22.7 Å². The number of aromatic carboxylic acids is 2. The molecule has 14 nitrogen and oxygen atoms in total. The number of aromatic nitrogens is 4. The number of carboxylic acid groups (broad SMARTS) is 2. The summed E-state index contributed by atoms with van der Waals surface area (Å²) in [5.41, 5.74) is 13.1. The SMILES string of the molecule is Cn1cc(-c2cc(C(=O)O)cc(S(=O)(=O)c3cnc(CN)s3)c2)cn1.NCc1ncc(S(=O)(=O)c2cc(C(=O)O)cc(-c3ccccc3)c2)s1. The van der Waals surface area contributed by atoms with Gasteiger partial charge >= 0.3 is 11.9 Å². The van der Waals surface area contributed by atoms with Crippen molar-refractivity contribution in [3.05, 3.63) is 113 Å². The van der Waals surface area contributed by atoms with Crippen molar-refractivity contribution >= 4 is 54.3 Å². The van der Waals surface area contributed by atoms with Gasteiger partial charge < -0.3 is 21.7 Å². The van der Waals surface area contributed by atoms with E-state index in [0.29, 0.717) is 26.7 Å². The molecule has 0 atom stereocenters. The summed E-state index contributed by atoms with van der Waals surface area (Å²) in [4.78, 5) is 30.6. The topological polar surface area (TPSA) is 239 Å². The standard InChI is InChI=1S/C17H14N2O4S2.C15H14N4O4S2/c18-9-15-19-10-16(24-15)25(22,23)14-7-12(6-13(8-14)17(20)21)11-4-2-1-3-5-11;1-19-8-11(6-18-19)9-2-10(15(20)21)4-12(3-9)25(22,23)14-7-17-13(5-16)24-14/h1-8,10H,9,18H2,(H,20,21);2-4,6-8H,5,16H2,1H3,(H,20,21). The highest BCUT2D eigenvalue weighted by Gasteiger charge is 2.25. The molecule has 3 heterocycles. The largest absolute Gasteiger partial charge is 0.478 e. The minimum atomic E-state index is -3.90. The van der Waals surface area contributed by atoms with Gasteiger partial charge in [0.05, 0.1) is 39.5 Å². The second kappa shape index (κ2) is 14.8. The van der Waals surface area contributed by atoms with Crippen LogP contribution in [0.5, 0.6) is 0 Å². The minimum Gasteiger partial charge on any atom is -0.478 e. The molecule has 0 spiro atoms. The van der Waals surface area contributed by atoms with Crippen molar-refractivity contribution in [1.29, 1.82) is 0 Å². The molecule has 0 fully saturated rings. The molecule has 258 valence electrons. The Kier molecular flexibility index (Phi) is 10.7. The van der Waals surface area contributed by atoms with Gasteiger partial charge in [-0.2, -0.15) is 5.10 Å². The van der Waals surface area contributed by atoms with Crippen molar-refractivity contribution in [2.24, 2.45) is 18.5 Å². The lowest BCUT2D eigenvalue weighted by Gasteiger charge is -2.08. The van der Waals surface area contributed by atoms with Crippen LogP contribution in [0.25, 0.3) is 22.3 Å². The van der Waals surface area contributed by atoms with E-state index in [1.54, 1.807) is 42.2 Å². The Morgan fingerprint density at radius 3 is 1.52 bits per heavy atom. The van der Waals surface area contributed by atoms with Gasteiger partial charge in [-0.1, -0.05) is 30.3 Å². The number of sulfone groups is 2. The van der Waals surface area contributed by atoms with Gasteiger partial charge in [-0.25, -0.2) is 36.4 Å². The van der Waals surface area contributed by atoms with Crippen LogP contribution in [0.2, 0.25) is 0 Å². The van der Waals surface area contributed by atoms with Crippen LogP contribution in [-0.4, -0.2) is 58.7 Å². The van der Waals surface area contributed by atoms with Gasteiger partial charge in [-0.05, 0) is 53.1 Å². The molecule has 0 radical (unpaired) electrons. The molecule has 0 bridgehead atoms. The van der Waals surface area contributed by atoms with Crippen LogP contribution in [0.1, 0.15) is 30.7 Å². The molecule has 0 unspecified atom stereocenters. The summed E-state index contributed by atoms with van der Waals surface area (Å²) in [6, 6.07) is 17.1. The third-order valence-corrected chi connectivity index (χ3v) is 13.4. The van der Waals surface area contributed by atoms with E-state index in [1.807, 2.05) is 6.07 Å². The van der Waals surface area contributed by atoms with E-state index < -0.39 is 31.6 Å². The highest BCUT2D eigenvalue weighted by molar-refractivity contribution is 7.93. The number of hydrogen-bond acceptors (Lipinski definition) is 13. The van der Waals surface area contributed by atoms with Crippen molar-refractivity contribution in [2.75, 3.05) is 0 Å². The number of benzene rings is 3. The molecular weight excluding hydrogens is 725 g/mol. The normalized spacial score (nSPS) is 11.5. The van der Waals surface area contributed by atoms with E-state index in [-0.39, 0.29) is 42.4 Å². The van der Waals surface area contributed by atoms with E-state index >= 15 is 0 Å². The monoisotopic (exact) mass is 752 g/mol. The fourth-order valence-electron chi connectivity index (χ4n) is 4.55. The van der Waals surface area contributed by atoms with Crippen molar-refractivity contribution < 1.29 is 36.6 Å². The molecule has 50 heavy (non-hydrogen) atoms. The van der Waals surface area contributed by atoms with Gasteiger partial charge in [0.1, 0.15) is 18.4 Å². The maximum Gasteiger partial charge on any atom is 0.335 e. The van der Waals surface area contributed by atoms with Gasteiger partial charge in [0.2, 0.25) is 19.7 Å². The van der Waals surface area contributed by atoms with Crippen LogP contribution in [0.15, 0.2) is 110 Å². The predicted octanol–water partition coefficient (Wildman–Crippen LogP) is 4.33. The number of rotatable bonds is 10. The molecule has 0 aliphatic carbocycles. The van der Waals surface area contributed by atoms with Crippen LogP contribution in [0, 0.1) is 0 Å². The van der Waals surface area contributed by atoms with E-state index in [4.69, 9.17) is 11.5 Å². The molecule has 18 heteroatoms. The number of nitrogens with two attached hydrogens (primary N) is 2. The first kappa shape index (κ1) is 36.2. The van der Waals surface area contributed by atoms with E-state index in [2.05, 4.69) is 15.1 Å². The number of carboxylic acids is 2. The number of carbonyl (C=O) groups is 2. The van der Waals surface area contributed by atoms with Gasteiger partial charge in [0.25, 0.3) is 0 Å². The van der Waals surface area contributed by atoms with Crippen molar-refractivity contribution in [3.63, 3.8) is 0 Å². The van der Waals surface area contributed by atoms with Crippen LogP contribution in [0.3, 0.4) is 0 Å². The molecule has 0 aliphatic heterocycles. The molecule has 6 aromatic rings. The zero-order valence-corrected chi connectivity index (χ0v) is 29.3. The average Bonchev–Trinajstić information content (AvgIpc) is 3.90. The van der Waals surface area contributed by atoms with E-state index in [1.165, 1.54) is 42.9 Å². The Balaban J connectivity index is 0.000000194. The fourth-order valence-corrected chi connectivity index (χ4v) is 9.61. The summed E-state index contributed by atoms with van der Waals surface area (Å²) in [5.74, 6) is -2.41. The first-order chi connectivity index (χ1) is 23.7. The van der Waals surface area contributed by atoms with Gasteiger partial charge in [0.15, 0.2) is 0 Å². The highest BCUT2D eigenvalue weighted by atomic mass is 32.2. The molecule has 0 aliphatic rings. The zero-order chi connectivity index (χ0) is 36.2. The van der Waals surface area contributed by atoms with Gasteiger partial charge in [0, 0.05) is 31.9 Å². The Hall–Kier alpha value is -5.11. The van der Waals surface area contributed by atoms with Crippen LogP contribution < -0.4 is 11.5 Å². The third-order valence-electron chi connectivity index (χ3n) is 7.02. The maximum absolute atomic E-state index is 12.9. The number of hydrogen-bond donors (Lipinski definition) is 4. The summed E-state index contributed by atoms with van der Waals surface area (Å²) in [6.07, 6.45) is 5.70. The Bertz CT molecular complexity index is 2420. The highest BCUT2D eigenvalue weighted by Crippen LogP contribution is 2.32. The van der Waals surface area contributed by atoms with Gasteiger partial charge in [-0.15, -0.1) is 22.7 Å².